The summed E-state index contributed by atoms with van der Waals surface area (Å²) in [7, 11) is 1.91. The van der Waals surface area contributed by atoms with Gasteiger partial charge in [0.05, 0.1) is 6.20 Å². The minimum Gasteiger partial charge on any atom is -0.352 e. The molecule has 6 heteroatoms. The Bertz CT molecular complexity index is 553. The highest BCUT2D eigenvalue weighted by Gasteiger charge is 2.09. The summed E-state index contributed by atoms with van der Waals surface area (Å²) < 4.78 is 1.76. The third kappa shape index (κ3) is 4.68. The van der Waals surface area contributed by atoms with Gasteiger partial charge in [0.25, 0.3) is 5.91 Å². The van der Waals surface area contributed by atoms with E-state index in [4.69, 9.17) is 0 Å². The topological polar surface area (TPSA) is 71.8 Å². The van der Waals surface area contributed by atoms with Gasteiger partial charge in [-0.15, -0.1) is 5.10 Å². The van der Waals surface area contributed by atoms with Crippen LogP contribution in [0, 0.1) is 0 Å². The zero-order valence-corrected chi connectivity index (χ0v) is 12.2. The van der Waals surface area contributed by atoms with Gasteiger partial charge in [0.15, 0.2) is 0 Å². The molecule has 0 bridgehead atoms. The smallest absolute Gasteiger partial charge is 0.251 e. The molecule has 0 atom stereocenters. The van der Waals surface area contributed by atoms with Crippen molar-refractivity contribution in [2.45, 2.75) is 19.4 Å². The fourth-order valence-corrected chi connectivity index (χ4v) is 2.11. The van der Waals surface area contributed by atoms with E-state index in [9.17, 15) is 4.79 Å². The lowest BCUT2D eigenvalue weighted by Crippen LogP contribution is -2.26. The minimum absolute atomic E-state index is 0.0136. The molecule has 1 amide bonds. The highest BCUT2D eigenvalue weighted by Crippen LogP contribution is 2.09. The molecule has 0 fully saturated rings. The van der Waals surface area contributed by atoms with Crippen molar-refractivity contribution in [3.63, 3.8) is 0 Å². The van der Waals surface area contributed by atoms with E-state index in [2.05, 4.69) is 20.9 Å². The number of carbonyl (C=O) groups is 1. The number of rotatable bonds is 8. The lowest BCUT2D eigenvalue weighted by molar-refractivity contribution is 0.0951. The van der Waals surface area contributed by atoms with Crippen LogP contribution >= 0.6 is 0 Å². The maximum absolute atomic E-state index is 12.2. The number of amides is 1. The van der Waals surface area contributed by atoms with Gasteiger partial charge >= 0.3 is 0 Å². The number of nitrogens with zero attached hydrogens (tertiary/aromatic N) is 3. The fourth-order valence-electron chi connectivity index (χ4n) is 2.11. The first-order valence-electron chi connectivity index (χ1n) is 7.16. The fraction of sp³-hybridized carbons (Fsp3) is 0.400. The Morgan fingerprint density at radius 1 is 1.29 bits per heavy atom. The van der Waals surface area contributed by atoms with Crippen molar-refractivity contribution < 1.29 is 4.79 Å². The molecule has 0 saturated carbocycles. The molecule has 2 N–H and O–H groups in total. The van der Waals surface area contributed by atoms with Gasteiger partial charge in [-0.25, -0.2) is 0 Å². The van der Waals surface area contributed by atoms with Gasteiger partial charge in [0, 0.05) is 24.8 Å². The first kappa shape index (κ1) is 15.2. The van der Waals surface area contributed by atoms with Crippen LogP contribution in [0.2, 0.25) is 0 Å². The monoisotopic (exact) mass is 287 g/mol. The summed E-state index contributed by atoms with van der Waals surface area (Å²) in [5.41, 5.74) is 1.83. The highest BCUT2D eigenvalue weighted by molar-refractivity contribution is 5.95. The first-order valence-corrected chi connectivity index (χ1v) is 7.16. The lowest BCUT2D eigenvalue weighted by atomic mass is 10.0. The van der Waals surface area contributed by atoms with Gasteiger partial charge in [-0.05, 0) is 38.1 Å². The molecular formula is C15H21N5O. The second-order valence-corrected chi connectivity index (χ2v) is 4.79. The van der Waals surface area contributed by atoms with E-state index in [0.717, 1.165) is 37.1 Å². The average molecular weight is 287 g/mol. The quantitative estimate of drug-likeness (QED) is 0.706. The molecule has 0 saturated heterocycles. The number of carbonyl (C=O) groups excluding carboxylic acids is 1. The van der Waals surface area contributed by atoms with Crippen molar-refractivity contribution in [1.29, 1.82) is 0 Å². The van der Waals surface area contributed by atoms with E-state index in [1.165, 1.54) is 0 Å². The van der Waals surface area contributed by atoms with Crippen molar-refractivity contribution >= 4 is 5.91 Å². The Morgan fingerprint density at radius 2 is 2.14 bits per heavy atom. The zero-order valence-electron chi connectivity index (χ0n) is 12.2. The summed E-state index contributed by atoms with van der Waals surface area (Å²) in [4.78, 5) is 12.2. The zero-order chi connectivity index (χ0) is 14.9. The molecule has 1 aromatic heterocycles. The van der Waals surface area contributed by atoms with Crippen LogP contribution in [-0.2, 0) is 13.0 Å². The molecule has 112 valence electrons. The van der Waals surface area contributed by atoms with Crippen LogP contribution in [0.5, 0.6) is 0 Å². The van der Waals surface area contributed by atoms with Gasteiger partial charge in [0.2, 0.25) is 0 Å². The average Bonchev–Trinajstić information content (AvgIpc) is 3.03. The number of hydrogen-bond donors (Lipinski definition) is 2. The summed E-state index contributed by atoms with van der Waals surface area (Å²) in [5, 5.41) is 13.7. The van der Waals surface area contributed by atoms with Crippen LogP contribution < -0.4 is 10.6 Å². The van der Waals surface area contributed by atoms with Gasteiger partial charge < -0.3 is 10.6 Å². The number of likely N-dealkylation sites (N-methyl/N-ethyl adjacent to an activating group) is 1. The van der Waals surface area contributed by atoms with E-state index >= 15 is 0 Å². The van der Waals surface area contributed by atoms with Crippen molar-refractivity contribution in [2.24, 2.45) is 0 Å². The second-order valence-electron chi connectivity index (χ2n) is 4.79. The number of benzene rings is 1. The minimum atomic E-state index is -0.0136. The van der Waals surface area contributed by atoms with E-state index in [1.807, 2.05) is 37.5 Å². The Hall–Kier alpha value is -2.21. The number of aryl methyl sites for hydroxylation is 1. The van der Waals surface area contributed by atoms with Crippen molar-refractivity contribution in [3.05, 3.63) is 47.8 Å². The predicted molar refractivity (Wildman–Crippen MR) is 81.0 cm³/mol. The van der Waals surface area contributed by atoms with Gasteiger partial charge in [-0.2, -0.15) is 0 Å². The van der Waals surface area contributed by atoms with Crippen LogP contribution in [0.25, 0.3) is 0 Å². The van der Waals surface area contributed by atoms with E-state index in [0.29, 0.717) is 6.54 Å². The largest absolute Gasteiger partial charge is 0.352 e. The molecule has 1 aromatic carbocycles. The summed E-state index contributed by atoms with van der Waals surface area (Å²) >= 11 is 0. The van der Waals surface area contributed by atoms with Crippen LogP contribution in [0.15, 0.2) is 36.7 Å². The van der Waals surface area contributed by atoms with Crippen LogP contribution in [-0.4, -0.2) is 41.0 Å². The van der Waals surface area contributed by atoms with E-state index < -0.39 is 0 Å². The normalized spacial score (nSPS) is 10.5. The Kier molecular flexibility index (Phi) is 5.90. The van der Waals surface area contributed by atoms with Crippen molar-refractivity contribution in [2.75, 3.05) is 20.1 Å². The lowest BCUT2D eigenvalue weighted by Gasteiger charge is -2.10. The molecule has 1 heterocycles. The van der Waals surface area contributed by atoms with Gasteiger partial charge in [0.1, 0.15) is 0 Å². The maximum atomic E-state index is 12.2. The molecule has 2 rings (SSSR count). The molecule has 0 aliphatic carbocycles. The maximum Gasteiger partial charge on any atom is 0.251 e. The molecule has 6 nitrogen and oxygen atoms in total. The summed E-state index contributed by atoms with van der Waals surface area (Å²) in [6.45, 7) is 2.23. The third-order valence-corrected chi connectivity index (χ3v) is 3.23. The highest BCUT2D eigenvalue weighted by atomic mass is 16.1. The van der Waals surface area contributed by atoms with Crippen LogP contribution in [0.3, 0.4) is 0 Å². The Balaban J connectivity index is 1.82. The summed E-state index contributed by atoms with van der Waals surface area (Å²) in [6.07, 6.45) is 5.14. The first-order chi connectivity index (χ1) is 10.3. The molecule has 0 unspecified atom stereocenters. The van der Waals surface area contributed by atoms with E-state index in [-0.39, 0.29) is 5.91 Å². The Morgan fingerprint density at radius 3 is 2.90 bits per heavy atom. The SMILES string of the molecule is CNCCc1ccccc1C(=O)NCCCn1ccnn1. The molecule has 0 aliphatic heterocycles. The second kappa shape index (κ2) is 8.16. The molecule has 0 spiro atoms. The third-order valence-electron chi connectivity index (χ3n) is 3.23. The number of hydrogen-bond acceptors (Lipinski definition) is 4. The van der Waals surface area contributed by atoms with E-state index in [1.54, 1.807) is 10.9 Å². The van der Waals surface area contributed by atoms with Crippen LogP contribution in [0.1, 0.15) is 22.3 Å². The van der Waals surface area contributed by atoms with Crippen molar-refractivity contribution in [3.8, 4) is 0 Å². The van der Waals surface area contributed by atoms with Crippen LogP contribution in [0.4, 0.5) is 0 Å². The standard InChI is InChI=1S/C15H21N5O/c1-16-9-7-13-5-2-3-6-14(13)15(21)17-8-4-11-20-12-10-18-19-20/h2-3,5-6,10,12,16H,4,7-9,11H2,1H3,(H,17,21). The van der Waals surface area contributed by atoms with Gasteiger partial charge in [-0.1, -0.05) is 23.4 Å². The summed E-state index contributed by atoms with van der Waals surface area (Å²) in [6, 6.07) is 7.74. The molecule has 21 heavy (non-hydrogen) atoms. The summed E-state index contributed by atoms with van der Waals surface area (Å²) in [5.74, 6) is -0.0136. The molecule has 0 radical (unpaired) electrons. The van der Waals surface area contributed by atoms with Gasteiger partial charge in [-0.3, -0.25) is 9.48 Å². The number of nitrogens with one attached hydrogen (secondary N) is 2. The Labute approximate surface area is 124 Å². The predicted octanol–water partition coefficient (Wildman–Crippen LogP) is 0.860. The number of aromatic nitrogens is 3. The van der Waals surface area contributed by atoms with Crippen molar-refractivity contribution in [1.82, 2.24) is 25.6 Å². The molecule has 0 aliphatic rings. The molecular weight excluding hydrogens is 266 g/mol. The molecule has 2 aromatic rings.